The van der Waals surface area contributed by atoms with Crippen LogP contribution in [0.25, 0.3) is 0 Å². The smallest absolute Gasteiger partial charge is 0.0471 e. The number of rotatable bonds is 6. The predicted octanol–water partition coefficient (Wildman–Crippen LogP) is 2.64. The average molecular weight is 282 g/mol. The van der Waals surface area contributed by atoms with Crippen molar-refractivity contribution in [2.75, 3.05) is 32.8 Å². The summed E-state index contributed by atoms with van der Waals surface area (Å²) in [6, 6.07) is 0.582. The Bertz CT molecular complexity index is 272. The van der Waals surface area contributed by atoms with Crippen molar-refractivity contribution in [1.82, 2.24) is 10.2 Å². The Morgan fingerprint density at radius 1 is 1.20 bits per heavy atom. The average Bonchev–Trinajstić information content (AvgIpc) is 2.75. The Kier molecular flexibility index (Phi) is 6.31. The minimum atomic E-state index is 0.369. The molecule has 20 heavy (non-hydrogen) atoms. The number of likely N-dealkylation sites (tertiary alicyclic amines) is 1. The number of hydrogen-bond acceptors (Lipinski definition) is 3. The fraction of sp³-hybridized carbons (Fsp3) is 1.00. The Morgan fingerprint density at radius 2 is 1.90 bits per heavy atom. The highest BCUT2D eigenvalue weighted by molar-refractivity contribution is 4.89. The van der Waals surface area contributed by atoms with Gasteiger partial charge in [-0.25, -0.2) is 0 Å². The maximum atomic E-state index is 9.34. The summed E-state index contributed by atoms with van der Waals surface area (Å²) in [5.41, 5.74) is 0.477. The SMILES string of the molecule is CC(C)NCC1(CN2CCC(CO)C2)CCCCCC1. The first-order chi connectivity index (χ1) is 9.63. The van der Waals surface area contributed by atoms with E-state index in [1.807, 2.05) is 0 Å². The third-order valence-electron chi connectivity index (χ3n) is 5.24. The second kappa shape index (κ2) is 7.77. The fourth-order valence-electron chi connectivity index (χ4n) is 3.97. The van der Waals surface area contributed by atoms with Crippen LogP contribution in [-0.4, -0.2) is 48.8 Å². The van der Waals surface area contributed by atoms with Crippen molar-refractivity contribution in [3.8, 4) is 0 Å². The van der Waals surface area contributed by atoms with E-state index >= 15 is 0 Å². The van der Waals surface area contributed by atoms with Gasteiger partial charge in [-0.1, -0.05) is 39.5 Å². The Hall–Kier alpha value is -0.120. The topological polar surface area (TPSA) is 35.5 Å². The number of hydrogen-bond donors (Lipinski definition) is 2. The molecule has 2 aliphatic rings. The summed E-state index contributed by atoms with van der Waals surface area (Å²) in [5, 5.41) is 13.0. The Labute approximate surface area is 125 Å². The molecule has 0 radical (unpaired) electrons. The zero-order valence-electron chi connectivity index (χ0n) is 13.5. The van der Waals surface area contributed by atoms with E-state index in [4.69, 9.17) is 0 Å². The lowest BCUT2D eigenvalue weighted by Crippen LogP contribution is -2.45. The van der Waals surface area contributed by atoms with Gasteiger partial charge in [0.25, 0.3) is 0 Å². The summed E-state index contributed by atoms with van der Waals surface area (Å²) < 4.78 is 0. The molecule has 1 atom stereocenters. The predicted molar refractivity (Wildman–Crippen MR) is 84.9 cm³/mol. The third kappa shape index (κ3) is 4.71. The van der Waals surface area contributed by atoms with Crippen LogP contribution in [0.3, 0.4) is 0 Å². The summed E-state index contributed by atoms with van der Waals surface area (Å²) in [6.07, 6.45) is 9.59. The van der Waals surface area contributed by atoms with E-state index in [0.717, 1.165) is 6.54 Å². The minimum absolute atomic E-state index is 0.369. The second-order valence-electron chi connectivity index (χ2n) is 7.52. The third-order valence-corrected chi connectivity index (χ3v) is 5.24. The van der Waals surface area contributed by atoms with E-state index in [-0.39, 0.29) is 0 Å². The van der Waals surface area contributed by atoms with Gasteiger partial charge >= 0.3 is 0 Å². The lowest BCUT2D eigenvalue weighted by atomic mass is 9.79. The second-order valence-corrected chi connectivity index (χ2v) is 7.52. The number of aliphatic hydroxyl groups excluding tert-OH is 1. The van der Waals surface area contributed by atoms with Gasteiger partial charge in [-0.15, -0.1) is 0 Å². The van der Waals surface area contributed by atoms with E-state index < -0.39 is 0 Å². The van der Waals surface area contributed by atoms with Gasteiger partial charge in [-0.05, 0) is 37.1 Å². The van der Waals surface area contributed by atoms with Crippen LogP contribution in [0.2, 0.25) is 0 Å². The largest absolute Gasteiger partial charge is 0.396 e. The quantitative estimate of drug-likeness (QED) is 0.735. The van der Waals surface area contributed by atoms with E-state index in [2.05, 4.69) is 24.1 Å². The van der Waals surface area contributed by atoms with Gasteiger partial charge in [-0.3, -0.25) is 0 Å². The first kappa shape index (κ1) is 16.3. The van der Waals surface area contributed by atoms with Crippen LogP contribution in [0.1, 0.15) is 58.8 Å². The molecule has 1 aliphatic heterocycles. The molecule has 3 heteroatoms. The maximum absolute atomic E-state index is 9.34. The molecule has 1 saturated heterocycles. The van der Waals surface area contributed by atoms with Crippen molar-refractivity contribution in [3.05, 3.63) is 0 Å². The van der Waals surface area contributed by atoms with Crippen LogP contribution >= 0.6 is 0 Å². The normalized spacial score (nSPS) is 27.9. The van der Waals surface area contributed by atoms with Gasteiger partial charge in [0, 0.05) is 32.3 Å². The molecule has 3 nitrogen and oxygen atoms in total. The molecule has 1 saturated carbocycles. The van der Waals surface area contributed by atoms with Crippen LogP contribution in [-0.2, 0) is 0 Å². The Balaban J connectivity index is 1.94. The molecule has 1 unspecified atom stereocenters. The van der Waals surface area contributed by atoms with Gasteiger partial charge < -0.3 is 15.3 Å². The number of nitrogens with one attached hydrogen (secondary N) is 1. The molecule has 0 amide bonds. The minimum Gasteiger partial charge on any atom is -0.396 e. The summed E-state index contributed by atoms with van der Waals surface area (Å²) in [5.74, 6) is 0.524. The van der Waals surface area contributed by atoms with Crippen molar-refractivity contribution in [1.29, 1.82) is 0 Å². The number of aliphatic hydroxyl groups is 1. The van der Waals surface area contributed by atoms with Crippen LogP contribution < -0.4 is 5.32 Å². The lowest BCUT2D eigenvalue weighted by molar-refractivity contribution is 0.134. The molecule has 1 heterocycles. The standard InChI is InChI=1S/C17H34N2O/c1-15(2)18-13-17(8-5-3-4-6-9-17)14-19-10-7-16(11-19)12-20/h15-16,18,20H,3-14H2,1-2H3. The molecule has 0 aromatic carbocycles. The highest BCUT2D eigenvalue weighted by Crippen LogP contribution is 2.36. The van der Waals surface area contributed by atoms with Crippen molar-refractivity contribution < 1.29 is 5.11 Å². The van der Waals surface area contributed by atoms with Crippen molar-refractivity contribution >= 4 is 0 Å². The monoisotopic (exact) mass is 282 g/mol. The van der Waals surface area contributed by atoms with Crippen molar-refractivity contribution in [2.45, 2.75) is 64.8 Å². The van der Waals surface area contributed by atoms with Gasteiger partial charge in [0.1, 0.15) is 0 Å². The molecule has 0 spiro atoms. The van der Waals surface area contributed by atoms with Gasteiger partial charge in [0.2, 0.25) is 0 Å². The summed E-state index contributed by atoms with van der Waals surface area (Å²) >= 11 is 0. The van der Waals surface area contributed by atoms with Crippen LogP contribution in [0.5, 0.6) is 0 Å². The molecule has 0 aromatic heterocycles. The molecule has 118 valence electrons. The molecule has 2 N–H and O–H groups in total. The lowest BCUT2D eigenvalue weighted by Gasteiger charge is -2.37. The molecular weight excluding hydrogens is 248 g/mol. The van der Waals surface area contributed by atoms with Gasteiger partial charge in [0.15, 0.2) is 0 Å². The van der Waals surface area contributed by atoms with Crippen molar-refractivity contribution in [2.24, 2.45) is 11.3 Å². The molecule has 0 aromatic rings. The molecular formula is C17H34N2O. The van der Waals surface area contributed by atoms with Gasteiger partial charge in [0.05, 0.1) is 0 Å². The molecule has 2 fully saturated rings. The zero-order valence-corrected chi connectivity index (χ0v) is 13.5. The van der Waals surface area contributed by atoms with Gasteiger partial charge in [-0.2, -0.15) is 0 Å². The maximum Gasteiger partial charge on any atom is 0.0471 e. The van der Waals surface area contributed by atoms with E-state index in [1.54, 1.807) is 0 Å². The van der Waals surface area contributed by atoms with Crippen LogP contribution in [0.4, 0.5) is 0 Å². The highest BCUT2D eigenvalue weighted by Gasteiger charge is 2.35. The first-order valence-electron chi connectivity index (χ1n) is 8.70. The molecule has 0 bridgehead atoms. The molecule has 1 aliphatic carbocycles. The zero-order chi connectivity index (χ0) is 14.4. The number of nitrogens with zero attached hydrogens (tertiary/aromatic N) is 1. The summed E-state index contributed by atoms with van der Waals surface area (Å²) in [6.45, 7) is 9.58. The van der Waals surface area contributed by atoms with E-state index in [9.17, 15) is 5.11 Å². The highest BCUT2D eigenvalue weighted by atomic mass is 16.3. The summed E-state index contributed by atoms with van der Waals surface area (Å²) in [4.78, 5) is 2.62. The van der Waals surface area contributed by atoms with Crippen LogP contribution in [0.15, 0.2) is 0 Å². The van der Waals surface area contributed by atoms with E-state index in [0.29, 0.717) is 24.0 Å². The van der Waals surface area contributed by atoms with Crippen molar-refractivity contribution in [3.63, 3.8) is 0 Å². The van der Waals surface area contributed by atoms with E-state index in [1.165, 1.54) is 64.6 Å². The fourth-order valence-corrected chi connectivity index (χ4v) is 3.97. The molecule has 2 rings (SSSR count). The Morgan fingerprint density at radius 3 is 2.45 bits per heavy atom. The first-order valence-corrected chi connectivity index (χ1v) is 8.70. The summed E-state index contributed by atoms with van der Waals surface area (Å²) in [7, 11) is 0. The van der Waals surface area contributed by atoms with Crippen LogP contribution in [0, 0.1) is 11.3 Å².